The maximum Gasteiger partial charge on any atom is 0.378 e. The molecule has 2 aromatic carbocycles. The number of carbonyl (C=O) groups excluding carboxylic acids is 1. The number of amides is 2. The zero-order valence-corrected chi connectivity index (χ0v) is 13.8. The lowest BCUT2D eigenvalue weighted by Crippen LogP contribution is -2.26. The number of urea groups is 1. The zero-order chi connectivity index (χ0) is 16.1. The van der Waals surface area contributed by atoms with Crippen molar-refractivity contribution in [3.63, 3.8) is 0 Å². The van der Waals surface area contributed by atoms with Crippen molar-refractivity contribution in [2.75, 3.05) is 5.43 Å². The molecule has 0 bridgehead atoms. The Morgan fingerprint density at radius 2 is 1.36 bits per heavy atom. The van der Waals surface area contributed by atoms with Gasteiger partial charge in [0.05, 0.1) is 25.8 Å². The van der Waals surface area contributed by atoms with Crippen LogP contribution in [-0.4, -0.2) is 6.03 Å². The van der Waals surface area contributed by atoms with E-state index in [0.29, 0.717) is 15.7 Å². The molecule has 2 rings (SSSR count). The number of nitrogens with one attached hydrogen (secondary N) is 2. The molecule has 2 aromatic rings. The molecule has 0 aliphatic heterocycles. The fourth-order valence-corrected chi connectivity index (χ4v) is 2.40. The van der Waals surface area contributed by atoms with E-state index in [2.05, 4.69) is 21.1 Å². The SMILES string of the molecule is O=C(N=Nc1c(Cl)cccc1Cl)NNc1c(Cl)cccc1Cl. The lowest BCUT2D eigenvalue weighted by atomic mass is 10.3. The summed E-state index contributed by atoms with van der Waals surface area (Å²) < 4.78 is 0. The monoisotopic (exact) mass is 376 g/mol. The van der Waals surface area contributed by atoms with E-state index in [-0.39, 0.29) is 15.7 Å². The Labute approximate surface area is 146 Å². The second-order valence-corrected chi connectivity index (χ2v) is 5.55. The van der Waals surface area contributed by atoms with Crippen molar-refractivity contribution >= 4 is 63.8 Å². The molecule has 2 amide bonds. The lowest BCUT2D eigenvalue weighted by molar-refractivity contribution is 0.249. The first-order valence-electron chi connectivity index (χ1n) is 5.85. The molecule has 9 heteroatoms. The van der Waals surface area contributed by atoms with Crippen LogP contribution in [0.3, 0.4) is 0 Å². The van der Waals surface area contributed by atoms with Crippen LogP contribution in [-0.2, 0) is 0 Å². The molecule has 0 spiro atoms. The van der Waals surface area contributed by atoms with E-state index in [9.17, 15) is 4.79 Å². The summed E-state index contributed by atoms with van der Waals surface area (Å²) >= 11 is 23.7. The molecule has 0 aliphatic rings. The molecule has 0 saturated carbocycles. The third-order valence-electron chi connectivity index (χ3n) is 2.44. The molecule has 22 heavy (non-hydrogen) atoms. The third-order valence-corrected chi connectivity index (χ3v) is 3.68. The van der Waals surface area contributed by atoms with Crippen molar-refractivity contribution in [2.24, 2.45) is 10.2 Å². The number of halogens is 4. The summed E-state index contributed by atoms with van der Waals surface area (Å²) in [5, 5.41) is 8.41. The minimum atomic E-state index is -0.771. The first-order valence-corrected chi connectivity index (χ1v) is 7.36. The quantitative estimate of drug-likeness (QED) is 0.499. The minimum Gasteiger partial charge on any atom is -0.294 e. The van der Waals surface area contributed by atoms with Crippen molar-refractivity contribution in [1.82, 2.24) is 5.43 Å². The second kappa shape index (κ2) is 7.65. The van der Waals surface area contributed by atoms with Gasteiger partial charge in [0.25, 0.3) is 0 Å². The number of benzene rings is 2. The summed E-state index contributed by atoms with van der Waals surface area (Å²) in [6, 6.07) is 8.97. The van der Waals surface area contributed by atoms with Crippen molar-refractivity contribution < 1.29 is 4.79 Å². The number of rotatable bonds is 3. The fourth-order valence-electron chi connectivity index (χ4n) is 1.44. The molecule has 0 saturated heterocycles. The smallest absolute Gasteiger partial charge is 0.294 e. The van der Waals surface area contributed by atoms with Gasteiger partial charge in [-0.25, -0.2) is 10.2 Å². The summed E-state index contributed by atoms with van der Waals surface area (Å²) in [6.45, 7) is 0. The fraction of sp³-hybridized carbons (Fsp3) is 0. The standard InChI is InChI=1S/C13H8Cl4N4O/c14-7-3-1-4-8(15)11(7)18-20-13(22)21-19-12-9(16)5-2-6-10(12)17/h1-6,18H,(H,20,22). The Bertz CT molecular complexity index is 695. The first kappa shape index (κ1) is 16.8. The highest BCUT2D eigenvalue weighted by molar-refractivity contribution is 6.39. The van der Waals surface area contributed by atoms with E-state index < -0.39 is 6.03 Å². The van der Waals surface area contributed by atoms with Crippen LogP contribution in [0.2, 0.25) is 20.1 Å². The number of nitrogens with zero attached hydrogens (tertiary/aromatic N) is 2. The van der Waals surface area contributed by atoms with Gasteiger partial charge in [0, 0.05) is 0 Å². The van der Waals surface area contributed by atoms with Crippen molar-refractivity contribution in [2.45, 2.75) is 0 Å². The predicted octanol–water partition coefficient (Wildman–Crippen LogP) is 6.12. The Morgan fingerprint density at radius 3 is 1.91 bits per heavy atom. The number of hydrogen-bond donors (Lipinski definition) is 2. The topological polar surface area (TPSA) is 65.8 Å². The summed E-state index contributed by atoms with van der Waals surface area (Å²) in [6.07, 6.45) is 0. The molecule has 5 nitrogen and oxygen atoms in total. The van der Waals surface area contributed by atoms with Gasteiger partial charge in [-0.15, -0.1) is 5.11 Å². The zero-order valence-electron chi connectivity index (χ0n) is 10.8. The number of carbonyl (C=O) groups is 1. The normalized spacial score (nSPS) is 10.7. The molecule has 0 fully saturated rings. The molecular formula is C13H8Cl4N4O. The van der Waals surface area contributed by atoms with E-state index >= 15 is 0 Å². The van der Waals surface area contributed by atoms with Crippen LogP contribution in [0.1, 0.15) is 0 Å². The highest BCUT2D eigenvalue weighted by atomic mass is 35.5. The predicted molar refractivity (Wildman–Crippen MR) is 89.6 cm³/mol. The average Bonchev–Trinajstić information content (AvgIpc) is 2.46. The van der Waals surface area contributed by atoms with Crippen LogP contribution in [0, 0.1) is 0 Å². The van der Waals surface area contributed by atoms with Crippen molar-refractivity contribution in [3.05, 3.63) is 56.5 Å². The largest absolute Gasteiger partial charge is 0.378 e. The van der Waals surface area contributed by atoms with Gasteiger partial charge in [-0.3, -0.25) is 5.43 Å². The van der Waals surface area contributed by atoms with Crippen LogP contribution in [0.25, 0.3) is 0 Å². The number of hydrazine groups is 1. The van der Waals surface area contributed by atoms with Gasteiger partial charge in [-0.05, 0) is 24.3 Å². The molecule has 0 aliphatic carbocycles. The summed E-state index contributed by atoms with van der Waals surface area (Å²) in [5.74, 6) is 0. The van der Waals surface area contributed by atoms with Crippen LogP contribution in [0.4, 0.5) is 16.2 Å². The molecule has 0 heterocycles. The molecule has 0 radical (unpaired) electrons. The minimum absolute atomic E-state index is 0.205. The second-order valence-electron chi connectivity index (χ2n) is 3.92. The summed E-state index contributed by atoms with van der Waals surface area (Å²) in [5.41, 5.74) is 5.41. The Balaban J connectivity index is 2.03. The van der Waals surface area contributed by atoms with Gasteiger partial charge in [0.1, 0.15) is 5.69 Å². The van der Waals surface area contributed by atoms with Crippen molar-refractivity contribution in [1.29, 1.82) is 0 Å². The average molecular weight is 378 g/mol. The summed E-state index contributed by atoms with van der Waals surface area (Å²) in [4.78, 5) is 11.6. The maximum absolute atomic E-state index is 11.6. The van der Waals surface area contributed by atoms with E-state index in [1.807, 2.05) is 0 Å². The number of para-hydroxylation sites is 1. The van der Waals surface area contributed by atoms with Gasteiger partial charge in [0.2, 0.25) is 0 Å². The van der Waals surface area contributed by atoms with Crippen molar-refractivity contribution in [3.8, 4) is 0 Å². The van der Waals surface area contributed by atoms with E-state index in [1.54, 1.807) is 36.4 Å². The Kier molecular flexibility index (Phi) is 5.85. The first-order chi connectivity index (χ1) is 10.5. The molecule has 2 N–H and O–H groups in total. The van der Waals surface area contributed by atoms with E-state index in [4.69, 9.17) is 46.4 Å². The number of anilines is 1. The number of hydrogen-bond acceptors (Lipinski definition) is 3. The Hall–Kier alpha value is -1.53. The van der Waals surface area contributed by atoms with E-state index in [0.717, 1.165) is 0 Å². The van der Waals surface area contributed by atoms with Crippen LogP contribution >= 0.6 is 46.4 Å². The van der Waals surface area contributed by atoms with Gasteiger partial charge in [-0.2, -0.15) is 0 Å². The van der Waals surface area contributed by atoms with Gasteiger partial charge >= 0.3 is 6.03 Å². The molecule has 0 aromatic heterocycles. The maximum atomic E-state index is 11.6. The molecule has 0 atom stereocenters. The number of azo groups is 1. The lowest BCUT2D eigenvalue weighted by Gasteiger charge is -2.09. The van der Waals surface area contributed by atoms with Gasteiger partial charge in [0.15, 0.2) is 0 Å². The van der Waals surface area contributed by atoms with Gasteiger partial charge < -0.3 is 0 Å². The molecular weight excluding hydrogens is 370 g/mol. The van der Waals surface area contributed by atoms with E-state index in [1.165, 1.54) is 0 Å². The molecule has 114 valence electrons. The molecule has 0 unspecified atom stereocenters. The van der Waals surface area contributed by atoms with Crippen LogP contribution in [0.5, 0.6) is 0 Å². The van der Waals surface area contributed by atoms with Crippen LogP contribution < -0.4 is 10.9 Å². The van der Waals surface area contributed by atoms with Crippen LogP contribution in [0.15, 0.2) is 46.6 Å². The summed E-state index contributed by atoms with van der Waals surface area (Å²) in [7, 11) is 0. The highest BCUT2D eigenvalue weighted by Crippen LogP contribution is 2.33. The Morgan fingerprint density at radius 1 is 0.864 bits per heavy atom. The third kappa shape index (κ3) is 4.24. The van der Waals surface area contributed by atoms with Gasteiger partial charge in [-0.1, -0.05) is 63.7 Å². The highest BCUT2D eigenvalue weighted by Gasteiger charge is 2.07.